The van der Waals surface area contributed by atoms with Crippen LogP contribution < -0.4 is 5.32 Å². The van der Waals surface area contributed by atoms with Crippen molar-refractivity contribution >= 4 is 21.6 Å². The molecule has 1 N–H and O–H groups in total. The van der Waals surface area contributed by atoms with Gasteiger partial charge in [0, 0.05) is 19.5 Å². The van der Waals surface area contributed by atoms with Gasteiger partial charge in [-0.3, -0.25) is 4.79 Å². The number of nitrogens with zero attached hydrogens (tertiary/aromatic N) is 2. The third-order valence-electron chi connectivity index (χ3n) is 3.11. The fraction of sp³-hybridized carbons (Fsp3) is 0.385. The maximum atomic E-state index is 11.8. The van der Waals surface area contributed by atoms with Gasteiger partial charge in [-0.2, -0.15) is 5.26 Å². The molecule has 0 spiro atoms. The lowest BCUT2D eigenvalue weighted by Crippen LogP contribution is -2.29. The van der Waals surface area contributed by atoms with Crippen LogP contribution in [-0.4, -0.2) is 37.5 Å². The Balaban J connectivity index is 1.92. The van der Waals surface area contributed by atoms with E-state index in [9.17, 15) is 13.2 Å². The van der Waals surface area contributed by atoms with Crippen molar-refractivity contribution in [2.24, 2.45) is 0 Å². The minimum Gasteiger partial charge on any atom is -0.325 e. The Kier molecular flexibility index (Phi) is 4.37. The lowest BCUT2D eigenvalue weighted by Gasteiger charge is -2.14. The second kappa shape index (κ2) is 6.03. The van der Waals surface area contributed by atoms with E-state index < -0.39 is 10.0 Å². The summed E-state index contributed by atoms with van der Waals surface area (Å²) in [7, 11) is -3.17. The van der Waals surface area contributed by atoms with Gasteiger partial charge in [-0.15, -0.1) is 0 Å². The van der Waals surface area contributed by atoms with Gasteiger partial charge in [-0.1, -0.05) is 12.1 Å². The Bertz CT molecular complexity index is 649. The van der Waals surface area contributed by atoms with Crippen LogP contribution in [0.2, 0.25) is 0 Å². The number of amides is 1. The molecule has 6 nitrogen and oxygen atoms in total. The molecule has 1 aliphatic rings. The van der Waals surface area contributed by atoms with Crippen LogP contribution in [-0.2, 0) is 14.8 Å². The highest BCUT2D eigenvalue weighted by molar-refractivity contribution is 7.89. The van der Waals surface area contributed by atoms with E-state index in [4.69, 9.17) is 5.26 Å². The molecule has 0 saturated carbocycles. The van der Waals surface area contributed by atoms with Crippen LogP contribution in [0, 0.1) is 11.3 Å². The topological polar surface area (TPSA) is 90.3 Å². The fourth-order valence-corrected chi connectivity index (χ4v) is 3.60. The molecule has 1 aliphatic heterocycles. The molecule has 0 aliphatic carbocycles. The molecule has 1 aromatic rings. The van der Waals surface area contributed by atoms with Gasteiger partial charge >= 0.3 is 0 Å². The first-order chi connectivity index (χ1) is 9.53. The lowest BCUT2D eigenvalue weighted by molar-refractivity contribution is -0.116. The maximum Gasteiger partial charge on any atom is 0.225 e. The van der Waals surface area contributed by atoms with Crippen LogP contribution >= 0.6 is 0 Å². The number of carbonyl (C=O) groups excluding carboxylic acids is 1. The molecule has 2 rings (SSSR count). The van der Waals surface area contributed by atoms with Crippen LogP contribution in [0.15, 0.2) is 24.3 Å². The summed E-state index contributed by atoms with van der Waals surface area (Å²) in [5, 5.41) is 11.5. The summed E-state index contributed by atoms with van der Waals surface area (Å²) in [5.41, 5.74) is 0.832. The predicted octanol–water partition coefficient (Wildman–Crippen LogP) is 0.922. The van der Waals surface area contributed by atoms with Crippen molar-refractivity contribution in [2.75, 3.05) is 24.2 Å². The van der Waals surface area contributed by atoms with E-state index in [1.807, 2.05) is 6.07 Å². The number of carbonyl (C=O) groups is 1. The zero-order chi connectivity index (χ0) is 14.6. The third-order valence-corrected chi connectivity index (χ3v) is 5.07. The van der Waals surface area contributed by atoms with Crippen molar-refractivity contribution in [1.82, 2.24) is 4.31 Å². The van der Waals surface area contributed by atoms with E-state index in [-0.39, 0.29) is 24.6 Å². The highest BCUT2D eigenvalue weighted by Crippen LogP contribution is 2.16. The molecule has 106 valence electrons. The summed E-state index contributed by atoms with van der Waals surface area (Å²) in [6, 6.07) is 8.68. The average molecular weight is 293 g/mol. The van der Waals surface area contributed by atoms with E-state index >= 15 is 0 Å². The Morgan fingerprint density at radius 3 is 2.80 bits per heavy atom. The predicted molar refractivity (Wildman–Crippen MR) is 74.4 cm³/mol. The van der Waals surface area contributed by atoms with Crippen LogP contribution in [0.3, 0.4) is 0 Å². The SMILES string of the molecule is N#Cc1ccccc1NC(=O)CCN1CCCS1(=O)=O. The Labute approximate surface area is 118 Å². The average Bonchev–Trinajstić information content (AvgIpc) is 2.76. The van der Waals surface area contributed by atoms with Crippen LogP contribution in [0.25, 0.3) is 0 Å². The van der Waals surface area contributed by atoms with Crippen molar-refractivity contribution in [3.63, 3.8) is 0 Å². The minimum atomic E-state index is -3.17. The first-order valence-corrected chi connectivity index (χ1v) is 7.90. The van der Waals surface area contributed by atoms with Crippen LogP contribution in [0.4, 0.5) is 5.69 Å². The van der Waals surface area contributed by atoms with Crippen molar-refractivity contribution in [3.8, 4) is 6.07 Å². The normalized spacial score (nSPS) is 17.6. The summed E-state index contributed by atoms with van der Waals surface area (Å²) in [5.74, 6) is -0.138. The number of para-hydroxylation sites is 1. The number of anilines is 1. The highest BCUT2D eigenvalue weighted by atomic mass is 32.2. The number of rotatable bonds is 4. The van der Waals surface area contributed by atoms with E-state index in [1.54, 1.807) is 24.3 Å². The zero-order valence-electron chi connectivity index (χ0n) is 10.9. The summed E-state index contributed by atoms with van der Waals surface area (Å²) >= 11 is 0. The molecular formula is C13H15N3O3S. The largest absolute Gasteiger partial charge is 0.325 e. The second-order valence-electron chi connectivity index (χ2n) is 4.52. The molecule has 7 heteroatoms. The van der Waals surface area contributed by atoms with E-state index in [0.29, 0.717) is 24.2 Å². The van der Waals surface area contributed by atoms with Gasteiger partial charge in [0.1, 0.15) is 6.07 Å². The molecule has 1 fully saturated rings. The van der Waals surface area contributed by atoms with Crippen molar-refractivity contribution < 1.29 is 13.2 Å². The monoisotopic (exact) mass is 293 g/mol. The Morgan fingerprint density at radius 1 is 1.40 bits per heavy atom. The van der Waals surface area contributed by atoms with Gasteiger partial charge in [0.05, 0.1) is 17.0 Å². The van der Waals surface area contributed by atoms with Crippen molar-refractivity contribution in [2.45, 2.75) is 12.8 Å². The fourth-order valence-electron chi connectivity index (χ4n) is 2.07. The molecule has 1 heterocycles. The van der Waals surface area contributed by atoms with E-state index in [1.165, 1.54) is 4.31 Å². The molecule has 1 amide bonds. The number of hydrogen-bond donors (Lipinski definition) is 1. The van der Waals surface area contributed by atoms with Gasteiger partial charge in [0.15, 0.2) is 0 Å². The molecule has 0 unspecified atom stereocenters. The molecule has 0 bridgehead atoms. The van der Waals surface area contributed by atoms with Gasteiger partial charge in [0.2, 0.25) is 15.9 Å². The van der Waals surface area contributed by atoms with Gasteiger partial charge in [-0.05, 0) is 18.6 Å². The summed E-state index contributed by atoms with van der Waals surface area (Å²) < 4.78 is 24.5. The highest BCUT2D eigenvalue weighted by Gasteiger charge is 2.28. The van der Waals surface area contributed by atoms with Gasteiger partial charge in [0.25, 0.3) is 0 Å². The second-order valence-corrected chi connectivity index (χ2v) is 6.61. The van der Waals surface area contributed by atoms with E-state index in [0.717, 1.165) is 0 Å². The Morgan fingerprint density at radius 2 is 2.15 bits per heavy atom. The van der Waals surface area contributed by atoms with Crippen LogP contribution in [0.5, 0.6) is 0 Å². The van der Waals surface area contributed by atoms with Gasteiger partial charge in [-0.25, -0.2) is 12.7 Å². The minimum absolute atomic E-state index is 0.0823. The van der Waals surface area contributed by atoms with Gasteiger partial charge < -0.3 is 5.32 Å². The molecular weight excluding hydrogens is 278 g/mol. The maximum absolute atomic E-state index is 11.8. The standard InChI is InChI=1S/C13H15N3O3S/c14-10-11-4-1-2-5-12(11)15-13(17)6-8-16-7-3-9-20(16,18)19/h1-2,4-5H,3,6-9H2,(H,15,17). The molecule has 0 atom stereocenters. The van der Waals surface area contributed by atoms with Crippen molar-refractivity contribution in [3.05, 3.63) is 29.8 Å². The first kappa shape index (κ1) is 14.5. The number of nitrogens with one attached hydrogen (secondary N) is 1. The molecule has 1 saturated heterocycles. The molecule has 1 aromatic carbocycles. The van der Waals surface area contributed by atoms with Crippen molar-refractivity contribution in [1.29, 1.82) is 5.26 Å². The summed E-state index contributed by atoms with van der Waals surface area (Å²) in [6.45, 7) is 0.660. The molecule has 0 radical (unpaired) electrons. The van der Waals surface area contributed by atoms with Crippen LogP contribution in [0.1, 0.15) is 18.4 Å². The third kappa shape index (κ3) is 3.35. The lowest BCUT2D eigenvalue weighted by atomic mass is 10.2. The number of sulfonamides is 1. The Hall–Kier alpha value is -1.91. The molecule has 20 heavy (non-hydrogen) atoms. The number of hydrogen-bond acceptors (Lipinski definition) is 4. The number of nitriles is 1. The van der Waals surface area contributed by atoms with E-state index in [2.05, 4.69) is 5.32 Å². The summed E-state index contributed by atoms with van der Waals surface area (Å²) in [4.78, 5) is 11.8. The summed E-state index contributed by atoms with van der Waals surface area (Å²) in [6.07, 6.45) is 0.695. The molecule has 0 aromatic heterocycles. The smallest absolute Gasteiger partial charge is 0.225 e. The quantitative estimate of drug-likeness (QED) is 0.894. The zero-order valence-corrected chi connectivity index (χ0v) is 11.7. The number of benzene rings is 1. The first-order valence-electron chi connectivity index (χ1n) is 6.30.